The maximum Gasteiger partial charge on any atom is 0.259 e. The van der Waals surface area contributed by atoms with E-state index in [2.05, 4.69) is 10.1 Å². The number of aryl methyl sites for hydroxylation is 1. The Labute approximate surface area is 144 Å². The highest BCUT2D eigenvalue weighted by molar-refractivity contribution is 6.15. The molecular weight excluding hydrogens is 322 g/mol. The lowest BCUT2D eigenvalue weighted by Crippen LogP contribution is -2.32. The van der Waals surface area contributed by atoms with Crippen molar-refractivity contribution in [2.45, 2.75) is 26.6 Å². The molecule has 2 aromatic rings. The van der Waals surface area contributed by atoms with Gasteiger partial charge in [-0.15, -0.1) is 0 Å². The number of para-hydroxylation sites is 1. The van der Waals surface area contributed by atoms with Crippen LogP contribution < -0.4 is 5.01 Å². The van der Waals surface area contributed by atoms with Gasteiger partial charge in [0.2, 0.25) is 0 Å². The summed E-state index contributed by atoms with van der Waals surface area (Å²) in [5, 5.41) is 36.1. The van der Waals surface area contributed by atoms with Gasteiger partial charge in [0, 0.05) is 17.3 Å². The van der Waals surface area contributed by atoms with Crippen LogP contribution in [0.1, 0.15) is 29.8 Å². The van der Waals surface area contributed by atoms with E-state index in [1.54, 1.807) is 38.1 Å². The van der Waals surface area contributed by atoms with Crippen LogP contribution in [0.4, 0.5) is 5.69 Å². The van der Waals surface area contributed by atoms with Crippen LogP contribution in [0.3, 0.4) is 0 Å². The van der Waals surface area contributed by atoms with Crippen LogP contribution >= 0.6 is 0 Å². The number of benzene rings is 1. The Morgan fingerprint density at radius 3 is 2.56 bits per heavy atom. The van der Waals surface area contributed by atoms with Gasteiger partial charge >= 0.3 is 0 Å². The highest BCUT2D eigenvalue weighted by Gasteiger charge is 2.41. The lowest BCUT2D eigenvalue weighted by atomic mass is 9.89. The monoisotopic (exact) mass is 341 g/mol. The van der Waals surface area contributed by atoms with Gasteiger partial charge in [-0.2, -0.15) is 5.10 Å². The molecule has 0 bridgehead atoms. The van der Waals surface area contributed by atoms with E-state index in [0.717, 1.165) is 0 Å². The van der Waals surface area contributed by atoms with Crippen molar-refractivity contribution in [3.8, 4) is 5.75 Å². The second-order valence-corrected chi connectivity index (χ2v) is 5.94. The van der Waals surface area contributed by atoms with Crippen LogP contribution in [0, 0.1) is 12.8 Å². The van der Waals surface area contributed by atoms with Gasteiger partial charge in [0.05, 0.1) is 23.7 Å². The number of aromatic nitrogens is 1. The van der Waals surface area contributed by atoms with Crippen molar-refractivity contribution in [3.63, 3.8) is 0 Å². The van der Waals surface area contributed by atoms with Gasteiger partial charge in [-0.25, -0.2) is 5.01 Å². The molecule has 0 aliphatic carbocycles. The molecule has 2 unspecified atom stereocenters. The minimum absolute atomic E-state index is 0.109. The molecule has 2 atom stereocenters. The van der Waals surface area contributed by atoms with Crippen LogP contribution in [-0.2, 0) is 11.4 Å². The standard InChI is InChI=1S/C18H19N3O4/c1-10-14(18(25)21(20-10)13-6-4-3-5-7-13)17(24)15-12(9-22)8-19-11(2)16(15)23/h3-8,14,17,22-24H,9H2,1-2H3. The average molecular weight is 341 g/mol. The Hall–Kier alpha value is -2.77. The zero-order chi connectivity index (χ0) is 18.1. The Morgan fingerprint density at radius 1 is 1.24 bits per heavy atom. The summed E-state index contributed by atoms with van der Waals surface area (Å²) in [4.78, 5) is 16.8. The maximum absolute atomic E-state index is 12.8. The highest BCUT2D eigenvalue weighted by atomic mass is 16.3. The normalized spacial score (nSPS) is 18.4. The Bertz CT molecular complexity index is 836. The molecule has 3 rings (SSSR count). The lowest BCUT2D eigenvalue weighted by Gasteiger charge is -2.22. The number of anilines is 1. The molecule has 3 N–H and O–H groups in total. The summed E-state index contributed by atoms with van der Waals surface area (Å²) >= 11 is 0. The highest BCUT2D eigenvalue weighted by Crippen LogP contribution is 2.38. The Morgan fingerprint density at radius 2 is 1.92 bits per heavy atom. The summed E-state index contributed by atoms with van der Waals surface area (Å²) < 4.78 is 0. The first kappa shape index (κ1) is 17.1. The molecule has 1 aliphatic heterocycles. The van der Waals surface area contributed by atoms with Crippen LogP contribution in [0.5, 0.6) is 5.75 Å². The number of amides is 1. The number of hydrogen-bond donors (Lipinski definition) is 3. The van der Waals surface area contributed by atoms with Gasteiger partial charge in [-0.3, -0.25) is 9.78 Å². The molecule has 2 heterocycles. The number of hydrogen-bond acceptors (Lipinski definition) is 6. The largest absolute Gasteiger partial charge is 0.506 e. The fourth-order valence-corrected chi connectivity index (χ4v) is 2.97. The first-order chi connectivity index (χ1) is 12.0. The topological polar surface area (TPSA) is 106 Å². The van der Waals surface area contributed by atoms with Gasteiger partial charge < -0.3 is 15.3 Å². The molecule has 1 aliphatic rings. The van der Waals surface area contributed by atoms with Crippen molar-refractivity contribution in [3.05, 3.63) is 53.3 Å². The Kier molecular flexibility index (Phi) is 4.52. The van der Waals surface area contributed by atoms with Crippen molar-refractivity contribution >= 4 is 17.3 Å². The number of aliphatic hydroxyl groups excluding tert-OH is 2. The number of nitrogens with zero attached hydrogens (tertiary/aromatic N) is 3. The zero-order valence-corrected chi connectivity index (χ0v) is 13.9. The second-order valence-electron chi connectivity index (χ2n) is 5.94. The summed E-state index contributed by atoms with van der Waals surface area (Å²) in [5.74, 6) is -1.56. The van der Waals surface area contributed by atoms with E-state index in [0.29, 0.717) is 17.1 Å². The van der Waals surface area contributed by atoms with E-state index in [1.807, 2.05) is 6.07 Å². The number of pyridine rings is 1. The summed E-state index contributed by atoms with van der Waals surface area (Å²) in [6.07, 6.45) is 0.0443. The van der Waals surface area contributed by atoms with E-state index in [9.17, 15) is 20.1 Å². The van der Waals surface area contributed by atoms with E-state index < -0.39 is 24.5 Å². The van der Waals surface area contributed by atoms with Crippen molar-refractivity contribution < 1.29 is 20.1 Å². The predicted octanol–water partition coefficient (Wildman–Crippen LogP) is 1.66. The average Bonchev–Trinajstić information content (AvgIpc) is 2.92. The van der Waals surface area contributed by atoms with Crippen molar-refractivity contribution in [2.24, 2.45) is 11.0 Å². The van der Waals surface area contributed by atoms with Crippen LogP contribution in [0.2, 0.25) is 0 Å². The summed E-state index contributed by atoms with van der Waals surface area (Å²) in [5.41, 5.74) is 1.72. The molecule has 25 heavy (non-hydrogen) atoms. The molecule has 7 heteroatoms. The molecule has 0 saturated heterocycles. The van der Waals surface area contributed by atoms with Crippen LogP contribution in [0.25, 0.3) is 0 Å². The van der Waals surface area contributed by atoms with Gasteiger partial charge in [0.1, 0.15) is 17.8 Å². The summed E-state index contributed by atoms with van der Waals surface area (Å²) in [6.45, 7) is 2.82. The summed E-state index contributed by atoms with van der Waals surface area (Å²) in [7, 11) is 0. The van der Waals surface area contributed by atoms with E-state index >= 15 is 0 Å². The third-order valence-electron chi connectivity index (χ3n) is 4.32. The number of hydrazone groups is 1. The fourth-order valence-electron chi connectivity index (χ4n) is 2.97. The first-order valence-corrected chi connectivity index (χ1v) is 7.86. The molecule has 0 radical (unpaired) electrons. The molecule has 0 saturated carbocycles. The van der Waals surface area contributed by atoms with Gasteiger partial charge in [-0.05, 0) is 26.0 Å². The van der Waals surface area contributed by atoms with Crippen LogP contribution in [-0.4, -0.2) is 31.9 Å². The number of aromatic hydroxyl groups is 1. The minimum Gasteiger partial charge on any atom is -0.506 e. The van der Waals surface area contributed by atoms with Gasteiger partial charge in [0.15, 0.2) is 0 Å². The van der Waals surface area contributed by atoms with E-state index in [4.69, 9.17) is 0 Å². The fraction of sp³-hybridized carbons (Fsp3) is 0.278. The van der Waals surface area contributed by atoms with Crippen molar-refractivity contribution in [1.29, 1.82) is 0 Å². The van der Waals surface area contributed by atoms with E-state index in [-0.39, 0.29) is 16.9 Å². The SMILES string of the molecule is CC1=NN(c2ccccc2)C(=O)C1C(O)c1c(CO)cnc(C)c1O. The maximum atomic E-state index is 12.8. The smallest absolute Gasteiger partial charge is 0.259 e. The second kappa shape index (κ2) is 6.62. The minimum atomic E-state index is -1.34. The molecule has 7 nitrogen and oxygen atoms in total. The van der Waals surface area contributed by atoms with Crippen molar-refractivity contribution in [1.82, 2.24) is 4.98 Å². The number of carbonyl (C=O) groups is 1. The first-order valence-electron chi connectivity index (χ1n) is 7.86. The molecule has 1 aromatic carbocycles. The molecule has 0 spiro atoms. The molecule has 1 amide bonds. The molecule has 130 valence electrons. The number of aliphatic hydroxyl groups is 2. The quantitative estimate of drug-likeness (QED) is 0.784. The number of rotatable bonds is 4. The van der Waals surface area contributed by atoms with Crippen molar-refractivity contribution in [2.75, 3.05) is 5.01 Å². The zero-order valence-electron chi connectivity index (χ0n) is 13.9. The number of carbonyl (C=O) groups excluding carboxylic acids is 1. The predicted molar refractivity (Wildman–Crippen MR) is 92.0 cm³/mol. The van der Waals surface area contributed by atoms with Gasteiger partial charge in [-0.1, -0.05) is 18.2 Å². The Balaban J connectivity index is 1.99. The van der Waals surface area contributed by atoms with Gasteiger partial charge in [0.25, 0.3) is 5.91 Å². The third-order valence-corrected chi connectivity index (χ3v) is 4.32. The summed E-state index contributed by atoms with van der Waals surface area (Å²) in [6, 6.07) is 8.91. The molecular formula is C18H19N3O4. The molecule has 1 aromatic heterocycles. The third kappa shape index (κ3) is 2.88. The van der Waals surface area contributed by atoms with E-state index in [1.165, 1.54) is 11.2 Å². The molecule has 0 fully saturated rings. The van der Waals surface area contributed by atoms with Crippen LogP contribution in [0.15, 0.2) is 41.6 Å². The lowest BCUT2D eigenvalue weighted by molar-refractivity contribution is -0.122.